The SMILES string of the molecule is CC(C)(C)c1cc(NC(=O)C(C)(C)S(=O)(=O)c2ccc(-n3cccn3)cc2)no1. The Balaban J connectivity index is 1.83. The van der Waals surface area contributed by atoms with E-state index < -0.39 is 20.5 Å². The minimum atomic E-state index is -3.97. The first-order valence-electron chi connectivity index (χ1n) is 9.06. The molecular formula is C20H24N4O4S. The third-order valence-corrected chi connectivity index (χ3v) is 7.05. The standard InChI is InChI=1S/C20H24N4O4S/c1-19(2,3)16-13-17(23-28-16)22-18(25)20(4,5)29(26,27)15-9-7-14(8-10-15)24-12-6-11-21-24/h6-13H,1-5H3,(H,22,23,25). The van der Waals surface area contributed by atoms with Gasteiger partial charge in [0.25, 0.3) is 0 Å². The lowest BCUT2D eigenvalue weighted by Gasteiger charge is -2.23. The van der Waals surface area contributed by atoms with E-state index in [0.717, 1.165) is 0 Å². The Labute approximate surface area is 169 Å². The van der Waals surface area contributed by atoms with E-state index in [1.807, 2.05) is 20.8 Å². The summed E-state index contributed by atoms with van der Waals surface area (Å²) in [5, 5.41) is 10.5. The lowest BCUT2D eigenvalue weighted by atomic mass is 9.93. The Morgan fingerprint density at radius 2 is 1.76 bits per heavy atom. The fourth-order valence-electron chi connectivity index (χ4n) is 2.57. The molecule has 0 aliphatic carbocycles. The Kier molecular flexibility index (Phi) is 5.12. The second-order valence-electron chi connectivity index (χ2n) is 8.24. The Bertz CT molecular complexity index is 1110. The first kappa shape index (κ1) is 20.8. The molecule has 0 spiro atoms. The molecule has 2 heterocycles. The van der Waals surface area contributed by atoms with Crippen LogP contribution >= 0.6 is 0 Å². The second kappa shape index (κ2) is 7.14. The number of hydrogen-bond donors (Lipinski definition) is 1. The minimum absolute atomic E-state index is 0.0455. The van der Waals surface area contributed by atoms with Gasteiger partial charge in [-0.3, -0.25) is 4.79 Å². The van der Waals surface area contributed by atoms with Crippen LogP contribution in [-0.2, 0) is 20.0 Å². The topological polar surface area (TPSA) is 107 Å². The van der Waals surface area contributed by atoms with Crippen molar-refractivity contribution < 1.29 is 17.7 Å². The Morgan fingerprint density at radius 1 is 1.10 bits per heavy atom. The summed E-state index contributed by atoms with van der Waals surface area (Å²) < 4.78 is 31.4. The van der Waals surface area contributed by atoms with Gasteiger partial charge in [-0.25, -0.2) is 13.1 Å². The largest absolute Gasteiger partial charge is 0.359 e. The van der Waals surface area contributed by atoms with Crippen LogP contribution in [0.1, 0.15) is 40.4 Å². The lowest BCUT2D eigenvalue weighted by molar-refractivity contribution is -0.117. The molecule has 0 saturated heterocycles. The number of carbonyl (C=O) groups excluding carboxylic acids is 1. The van der Waals surface area contributed by atoms with Crippen molar-refractivity contribution in [1.29, 1.82) is 0 Å². The van der Waals surface area contributed by atoms with Crippen molar-refractivity contribution in [1.82, 2.24) is 14.9 Å². The first-order chi connectivity index (χ1) is 13.4. The van der Waals surface area contributed by atoms with Gasteiger partial charge in [0.15, 0.2) is 15.7 Å². The molecule has 0 radical (unpaired) electrons. The average Bonchev–Trinajstić information content (AvgIpc) is 3.33. The van der Waals surface area contributed by atoms with Gasteiger partial charge < -0.3 is 9.84 Å². The molecule has 29 heavy (non-hydrogen) atoms. The van der Waals surface area contributed by atoms with Gasteiger partial charge in [0, 0.05) is 23.9 Å². The highest BCUT2D eigenvalue weighted by molar-refractivity contribution is 7.93. The van der Waals surface area contributed by atoms with E-state index >= 15 is 0 Å². The molecule has 1 amide bonds. The van der Waals surface area contributed by atoms with Crippen molar-refractivity contribution in [2.24, 2.45) is 0 Å². The van der Waals surface area contributed by atoms with Crippen LogP contribution in [0.3, 0.4) is 0 Å². The third-order valence-electron chi connectivity index (χ3n) is 4.63. The van der Waals surface area contributed by atoms with E-state index in [-0.39, 0.29) is 16.1 Å². The molecule has 1 aromatic carbocycles. The molecule has 0 atom stereocenters. The van der Waals surface area contributed by atoms with Crippen LogP contribution in [0.2, 0.25) is 0 Å². The number of nitrogens with zero attached hydrogens (tertiary/aromatic N) is 3. The average molecular weight is 417 g/mol. The van der Waals surface area contributed by atoms with Crippen LogP contribution in [-0.4, -0.2) is 34.0 Å². The van der Waals surface area contributed by atoms with E-state index in [2.05, 4.69) is 15.6 Å². The molecule has 154 valence electrons. The molecule has 3 aromatic rings. The first-order valence-corrected chi connectivity index (χ1v) is 10.5. The molecule has 0 unspecified atom stereocenters. The highest BCUT2D eigenvalue weighted by atomic mass is 32.2. The van der Waals surface area contributed by atoms with Gasteiger partial charge in [-0.1, -0.05) is 25.9 Å². The highest BCUT2D eigenvalue weighted by Gasteiger charge is 2.43. The van der Waals surface area contributed by atoms with Gasteiger partial charge in [0.2, 0.25) is 5.91 Å². The van der Waals surface area contributed by atoms with Crippen molar-refractivity contribution in [3.63, 3.8) is 0 Å². The fraction of sp³-hybridized carbons (Fsp3) is 0.350. The van der Waals surface area contributed by atoms with Crippen molar-refractivity contribution in [2.45, 2.75) is 49.7 Å². The van der Waals surface area contributed by atoms with Crippen molar-refractivity contribution >= 4 is 21.6 Å². The van der Waals surface area contributed by atoms with Crippen molar-refractivity contribution in [3.05, 3.63) is 54.6 Å². The molecule has 0 fully saturated rings. The summed E-state index contributed by atoms with van der Waals surface area (Å²) in [6.07, 6.45) is 3.39. The molecule has 8 nitrogen and oxygen atoms in total. The number of amides is 1. The fourth-order valence-corrected chi connectivity index (χ4v) is 3.95. The number of carbonyl (C=O) groups is 1. The van der Waals surface area contributed by atoms with Crippen LogP contribution in [0, 0.1) is 0 Å². The van der Waals surface area contributed by atoms with Crippen LogP contribution in [0.4, 0.5) is 5.82 Å². The summed E-state index contributed by atoms with van der Waals surface area (Å²) in [6, 6.07) is 9.58. The predicted molar refractivity (Wildman–Crippen MR) is 109 cm³/mol. The normalized spacial score (nSPS) is 12.7. The maximum absolute atomic E-state index is 13.1. The number of sulfone groups is 1. The van der Waals surface area contributed by atoms with Crippen molar-refractivity contribution in [3.8, 4) is 5.69 Å². The highest BCUT2D eigenvalue weighted by Crippen LogP contribution is 2.29. The molecule has 9 heteroatoms. The molecule has 3 rings (SSSR count). The quantitative estimate of drug-likeness (QED) is 0.683. The van der Waals surface area contributed by atoms with Gasteiger partial charge >= 0.3 is 0 Å². The third kappa shape index (κ3) is 3.95. The van der Waals surface area contributed by atoms with Crippen LogP contribution < -0.4 is 5.32 Å². The van der Waals surface area contributed by atoms with E-state index in [1.165, 1.54) is 26.0 Å². The Morgan fingerprint density at radius 3 is 2.28 bits per heavy atom. The van der Waals surface area contributed by atoms with E-state index in [9.17, 15) is 13.2 Å². The molecule has 0 aliphatic heterocycles. The molecule has 2 aromatic heterocycles. The molecule has 0 saturated carbocycles. The maximum Gasteiger partial charge on any atom is 0.246 e. The number of rotatable bonds is 5. The molecule has 0 aliphatic rings. The molecular weight excluding hydrogens is 392 g/mol. The maximum atomic E-state index is 13.1. The molecule has 0 bridgehead atoms. The van der Waals surface area contributed by atoms with Crippen LogP contribution in [0.5, 0.6) is 0 Å². The van der Waals surface area contributed by atoms with Crippen molar-refractivity contribution in [2.75, 3.05) is 5.32 Å². The number of benzene rings is 1. The van der Waals surface area contributed by atoms with E-state index in [4.69, 9.17) is 4.52 Å². The smallest absolute Gasteiger partial charge is 0.246 e. The Hall–Kier alpha value is -2.94. The molecule has 1 N–H and O–H groups in total. The van der Waals surface area contributed by atoms with E-state index in [1.54, 1.807) is 41.3 Å². The summed E-state index contributed by atoms with van der Waals surface area (Å²) in [5.41, 5.74) is 0.432. The zero-order valence-corrected chi connectivity index (χ0v) is 17.8. The van der Waals surface area contributed by atoms with Gasteiger partial charge in [-0.05, 0) is 44.2 Å². The van der Waals surface area contributed by atoms with Gasteiger partial charge in [0.05, 0.1) is 10.6 Å². The van der Waals surface area contributed by atoms with Gasteiger partial charge in [0.1, 0.15) is 10.5 Å². The predicted octanol–water partition coefficient (Wildman–Crippen LogP) is 3.35. The zero-order chi connectivity index (χ0) is 21.4. The lowest BCUT2D eigenvalue weighted by Crippen LogP contribution is -2.44. The van der Waals surface area contributed by atoms with Gasteiger partial charge in [-0.2, -0.15) is 5.10 Å². The van der Waals surface area contributed by atoms with Crippen LogP contribution in [0.15, 0.2) is 58.2 Å². The number of anilines is 1. The summed E-state index contributed by atoms with van der Waals surface area (Å²) in [4.78, 5) is 12.8. The summed E-state index contributed by atoms with van der Waals surface area (Å²) in [7, 11) is -3.97. The summed E-state index contributed by atoms with van der Waals surface area (Å²) >= 11 is 0. The zero-order valence-electron chi connectivity index (χ0n) is 17.0. The van der Waals surface area contributed by atoms with Gasteiger partial charge in [-0.15, -0.1) is 0 Å². The monoisotopic (exact) mass is 416 g/mol. The number of aromatic nitrogens is 3. The second-order valence-corrected chi connectivity index (χ2v) is 10.7. The summed E-state index contributed by atoms with van der Waals surface area (Å²) in [6.45, 7) is 8.56. The number of nitrogens with one attached hydrogen (secondary N) is 1. The summed E-state index contributed by atoms with van der Waals surface area (Å²) in [5.74, 6) is 0.0716. The van der Waals surface area contributed by atoms with E-state index in [0.29, 0.717) is 11.4 Å². The number of hydrogen-bond acceptors (Lipinski definition) is 6. The minimum Gasteiger partial charge on any atom is -0.359 e. The van der Waals surface area contributed by atoms with Crippen LogP contribution in [0.25, 0.3) is 5.69 Å².